The van der Waals surface area contributed by atoms with Gasteiger partial charge in [-0.3, -0.25) is 39.2 Å². The van der Waals surface area contributed by atoms with Crippen molar-refractivity contribution < 1.29 is 37.1 Å². The van der Waals surface area contributed by atoms with E-state index in [1.807, 2.05) is 18.2 Å². The van der Waals surface area contributed by atoms with Crippen molar-refractivity contribution in [1.82, 2.24) is 15.1 Å². The van der Waals surface area contributed by atoms with Crippen LogP contribution < -0.4 is 30.5 Å². The zero-order valence-electron chi connectivity index (χ0n) is 32.7. The summed E-state index contributed by atoms with van der Waals surface area (Å²) >= 11 is 5.77. The summed E-state index contributed by atoms with van der Waals surface area (Å²) < 4.78 is 47.9. The van der Waals surface area contributed by atoms with Crippen LogP contribution in [0, 0.1) is 11.3 Å². The highest BCUT2D eigenvalue weighted by molar-refractivity contribution is 7.81. The van der Waals surface area contributed by atoms with Crippen LogP contribution in [-0.2, 0) is 25.4 Å². The van der Waals surface area contributed by atoms with Crippen LogP contribution in [0.4, 0.5) is 35.9 Å². The number of imide groups is 1. The van der Waals surface area contributed by atoms with Crippen molar-refractivity contribution in [1.29, 1.82) is 5.26 Å². The highest BCUT2D eigenvalue weighted by atomic mass is 32.1. The monoisotopic (exact) mass is 830 g/mol. The number of hydrogen-bond acceptors (Lipinski definition) is 10. The molecule has 0 radical (unpaired) electrons. The molecular formula is C42H45F3N8O5S. The van der Waals surface area contributed by atoms with Gasteiger partial charge in [0.05, 0.1) is 29.4 Å². The van der Waals surface area contributed by atoms with Crippen LogP contribution in [0.1, 0.15) is 68.6 Å². The van der Waals surface area contributed by atoms with E-state index in [4.69, 9.17) is 17.0 Å². The number of piperazine rings is 1. The van der Waals surface area contributed by atoms with Crippen molar-refractivity contribution in [2.75, 3.05) is 66.3 Å². The second-order valence-electron chi connectivity index (χ2n) is 15.8. The molecule has 3 aromatic rings. The molecule has 0 aromatic heterocycles. The zero-order valence-corrected chi connectivity index (χ0v) is 33.5. The Labute approximate surface area is 345 Å². The van der Waals surface area contributed by atoms with E-state index in [-0.39, 0.29) is 47.4 Å². The number of rotatable bonds is 12. The number of hydrogen-bond donors (Lipinski definition) is 3. The quantitative estimate of drug-likeness (QED) is 0.154. The van der Waals surface area contributed by atoms with Gasteiger partial charge >= 0.3 is 6.18 Å². The lowest BCUT2D eigenvalue weighted by Gasteiger charge is -2.34. The molecule has 17 heteroatoms. The summed E-state index contributed by atoms with van der Waals surface area (Å²) in [6.07, 6.45) is -1.10. The van der Waals surface area contributed by atoms with Gasteiger partial charge in [0.15, 0.2) is 5.11 Å². The second kappa shape index (κ2) is 17.0. The van der Waals surface area contributed by atoms with Crippen molar-refractivity contribution in [2.24, 2.45) is 0 Å². The van der Waals surface area contributed by atoms with Crippen molar-refractivity contribution in [3.8, 4) is 11.8 Å². The zero-order chi connectivity index (χ0) is 42.1. The summed E-state index contributed by atoms with van der Waals surface area (Å²) in [5.41, 5.74) is -0.0586. The first kappa shape index (κ1) is 41.6. The average Bonchev–Trinajstić information content (AvgIpc) is 3.34. The molecule has 3 saturated heterocycles. The van der Waals surface area contributed by atoms with Crippen LogP contribution in [0.25, 0.3) is 0 Å². The SMILES string of the molecule is CC1(C)C(=O)N(c2ccc(C#N)c(C(F)(F)F)c2)C(=S)N1c1ccc(OCCN2CCN(CC(=O)Nc3cccc(NC4CCC(=O)NC4=O)c3)CC2)c(C2CCC2)c1. The van der Waals surface area contributed by atoms with E-state index in [2.05, 4.69) is 25.8 Å². The van der Waals surface area contributed by atoms with E-state index in [1.165, 1.54) is 6.07 Å². The van der Waals surface area contributed by atoms with Gasteiger partial charge in [-0.25, -0.2) is 0 Å². The molecule has 4 amide bonds. The van der Waals surface area contributed by atoms with Gasteiger partial charge < -0.3 is 20.3 Å². The van der Waals surface area contributed by atoms with E-state index in [1.54, 1.807) is 49.1 Å². The van der Waals surface area contributed by atoms with Crippen molar-refractivity contribution in [2.45, 2.75) is 69.6 Å². The largest absolute Gasteiger partial charge is 0.492 e. The predicted molar refractivity (Wildman–Crippen MR) is 219 cm³/mol. The number of carbonyl (C=O) groups is 4. The van der Waals surface area contributed by atoms with E-state index in [9.17, 15) is 37.6 Å². The van der Waals surface area contributed by atoms with Gasteiger partial charge in [-0.05, 0) is 111 Å². The standard InChI is InChI=1S/C42H45F3N8O5S/c1-41(2)39(57)52(30-10-9-27(24-46)33(23-30)42(43,44)45)40(59)53(41)31-11-13-35(32(22-31)26-5-3-6-26)58-20-19-50-15-17-51(18-16-50)25-37(55)48-29-8-4-7-28(21-29)47-34-12-14-36(54)49-38(34)56/h4,7-11,13,21-23,26,34,47H,3,5-6,12,14-20,25H2,1-2H3,(H,48,55)(H,49,54,56). The molecule has 0 spiro atoms. The second-order valence-corrected chi connectivity index (χ2v) is 16.1. The minimum atomic E-state index is -4.79. The maximum absolute atomic E-state index is 13.8. The molecule has 3 heterocycles. The van der Waals surface area contributed by atoms with Crippen LogP contribution in [0.5, 0.6) is 5.75 Å². The Kier molecular flexibility index (Phi) is 12.0. The van der Waals surface area contributed by atoms with Gasteiger partial charge in [0.25, 0.3) is 5.91 Å². The third kappa shape index (κ3) is 9.04. The summed E-state index contributed by atoms with van der Waals surface area (Å²) in [5.74, 6) is -0.294. The highest BCUT2D eigenvalue weighted by Crippen LogP contribution is 2.45. The number of nitrogens with zero attached hydrogens (tertiary/aromatic N) is 5. The summed E-state index contributed by atoms with van der Waals surface area (Å²) in [5, 5.41) is 17.7. The van der Waals surface area contributed by atoms with Gasteiger partial charge in [0.2, 0.25) is 17.7 Å². The highest BCUT2D eigenvalue weighted by Gasteiger charge is 2.51. The minimum absolute atomic E-state index is 0.0382. The maximum atomic E-state index is 13.8. The predicted octanol–water partition coefficient (Wildman–Crippen LogP) is 5.61. The van der Waals surface area contributed by atoms with Crippen LogP contribution in [0.15, 0.2) is 60.7 Å². The van der Waals surface area contributed by atoms with Crippen LogP contribution in [0.3, 0.4) is 0 Å². The van der Waals surface area contributed by atoms with Gasteiger partial charge in [-0.15, -0.1) is 0 Å². The Hall–Kier alpha value is -5.57. The Bertz CT molecular complexity index is 2200. The summed E-state index contributed by atoms with van der Waals surface area (Å²) in [7, 11) is 0. The molecule has 1 unspecified atom stereocenters. The molecule has 4 fully saturated rings. The topological polar surface area (TPSA) is 150 Å². The lowest BCUT2D eigenvalue weighted by molar-refractivity contribution is -0.138. The molecule has 3 N–H and O–H groups in total. The fraction of sp³-hybridized carbons (Fsp3) is 0.429. The molecule has 1 atom stereocenters. The number of amides is 4. The normalized spacial score (nSPS) is 20.2. The number of nitrogens with one attached hydrogen (secondary N) is 3. The van der Waals surface area contributed by atoms with E-state index in [0.29, 0.717) is 49.7 Å². The first-order valence-electron chi connectivity index (χ1n) is 19.6. The van der Waals surface area contributed by atoms with Crippen molar-refractivity contribution in [3.05, 3.63) is 77.4 Å². The van der Waals surface area contributed by atoms with Crippen LogP contribution in [0.2, 0.25) is 0 Å². The Balaban J connectivity index is 0.927. The molecule has 310 valence electrons. The van der Waals surface area contributed by atoms with Gasteiger partial charge in [0.1, 0.15) is 23.9 Å². The number of benzene rings is 3. The summed E-state index contributed by atoms with van der Waals surface area (Å²) in [4.78, 5) is 57.5. The molecule has 1 aliphatic carbocycles. The first-order chi connectivity index (χ1) is 28.1. The fourth-order valence-corrected chi connectivity index (χ4v) is 8.40. The number of anilines is 4. The number of piperidine rings is 1. The molecule has 1 saturated carbocycles. The smallest absolute Gasteiger partial charge is 0.417 e. The Morgan fingerprint density at radius 2 is 1.68 bits per heavy atom. The van der Waals surface area contributed by atoms with Gasteiger partial charge in [0, 0.05) is 56.2 Å². The maximum Gasteiger partial charge on any atom is 0.417 e. The number of carbonyl (C=O) groups excluding carboxylic acids is 4. The third-order valence-electron chi connectivity index (χ3n) is 11.4. The number of alkyl halides is 3. The Morgan fingerprint density at radius 3 is 2.36 bits per heavy atom. The van der Waals surface area contributed by atoms with Crippen LogP contribution >= 0.6 is 12.2 Å². The first-order valence-corrected chi connectivity index (χ1v) is 20.0. The Morgan fingerprint density at radius 1 is 0.966 bits per heavy atom. The van der Waals surface area contributed by atoms with Gasteiger partial charge in [-0.2, -0.15) is 18.4 Å². The third-order valence-corrected chi connectivity index (χ3v) is 11.7. The number of halogens is 3. The number of thiocarbonyl (C=S) groups is 1. The molecule has 3 aliphatic heterocycles. The molecule has 4 aliphatic rings. The number of nitriles is 1. The minimum Gasteiger partial charge on any atom is -0.492 e. The molecule has 13 nitrogen and oxygen atoms in total. The van der Waals surface area contributed by atoms with Crippen molar-refractivity contribution in [3.63, 3.8) is 0 Å². The van der Waals surface area contributed by atoms with E-state index in [0.717, 1.165) is 60.7 Å². The molecule has 0 bridgehead atoms. The lowest BCUT2D eigenvalue weighted by atomic mass is 9.79. The summed E-state index contributed by atoms with van der Waals surface area (Å²) in [6.45, 7) is 7.62. The summed E-state index contributed by atoms with van der Waals surface area (Å²) in [6, 6.07) is 17.0. The van der Waals surface area contributed by atoms with Crippen molar-refractivity contribution >= 4 is 63.7 Å². The molecular weight excluding hydrogens is 786 g/mol. The molecule has 7 rings (SSSR count). The lowest BCUT2D eigenvalue weighted by Crippen LogP contribution is -2.49. The van der Waals surface area contributed by atoms with E-state index < -0.39 is 34.8 Å². The van der Waals surface area contributed by atoms with Gasteiger partial charge in [-0.1, -0.05) is 12.5 Å². The average molecular weight is 831 g/mol. The molecule has 59 heavy (non-hydrogen) atoms. The fourth-order valence-electron chi connectivity index (χ4n) is 7.88. The number of ether oxygens (including phenoxy) is 1. The van der Waals surface area contributed by atoms with Crippen LogP contribution in [-0.4, -0.2) is 96.0 Å². The molecule has 3 aromatic carbocycles. The van der Waals surface area contributed by atoms with E-state index >= 15 is 0 Å².